The molecular formula is C6H7Br2F3O2. The monoisotopic (exact) mass is 326 g/mol. The zero-order valence-electron chi connectivity index (χ0n) is 6.62. The van der Waals surface area contributed by atoms with E-state index in [9.17, 15) is 18.0 Å². The predicted molar refractivity (Wildman–Crippen MR) is 47.9 cm³/mol. The van der Waals surface area contributed by atoms with Gasteiger partial charge in [0.05, 0.1) is 13.0 Å². The Morgan fingerprint density at radius 3 is 2.15 bits per heavy atom. The van der Waals surface area contributed by atoms with E-state index >= 15 is 0 Å². The van der Waals surface area contributed by atoms with Gasteiger partial charge >= 0.3 is 12.1 Å². The fourth-order valence-corrected chi connectivity index (χ4v) is 0.951. The van der Waals surface area contributed by atoms with Crippen LogP contribution in [0.3, 0.4) is 0 Å². The highest BCUT2D eigenvalue weighted by molar-refractivity contribution is 9.25. The van der Waals surface area contributed by atoms with Gasteiger partial charge in [-0.1, -0.05) is 31.9 Å². The Kier molecular flexibility index (Phi) is 4.71. The highest BCUT2D eigenvalue weighted by Gasteiger charge is 2.52. The number of halogens is 5. The van der Waals surface area contributed by atoms with Gasteiger partial charge in [-0.05, 0) is 6.92 Å². The van der Waals surface area contributed by atoms with Gasteiger partial charge in [-0.3, -0.25) is 4.79 Å². The molecule has 0 aromatic rings. The molecule has 0 saturated carbocycles. The van der Waals surface area contributed by atoms with Crippen molar-refractivity contribution in [1.29, 1.82) is 0 Å². The molecule has 0 bridgehead atoms. The third-order valence-electron chi connectivity index (χ3n) is 1.09. The topological polar surface area (TPSA) is 26.3 Å². The second-order valence-corrected chi connectivity index (χ2v) is 5.96. The summed E-state index contributed by atoms with van der Waals surface area (Å²) in [6.07, 6.45) is -5.34. The van der Waals surface area contributed by atoms with Gasteiger partial charge in [0.2, 0.25) is 0 Å². The number of hydrogen-bond acceptors (Lipinski definition) is 2. The number of esters is 1. The van der Waals surface area contributed by atoms with Crippen molar-refractivity contribution in [1.82, 2.24) is 0 Å². The molecule has 0 N–H and O–H groups in total. The van der Waals surface area contributed by atoms with E-state index in [1.807, 2.05) is 0 Å². The molecule has 0 amide bonds. The highest BCUT2D eigenvalue weighted by atomic mass is 79.9. The lowest BCUT2D eigenvalue weighted by atomic mass is 10.3. The Morgan fingerprint density at radius 1 is 1.38 bits per heavy atom. The average molecular weight is 328 g/mol. The molecule has 0 spiro atoms. The molecule has 0 aliphatic carbocycles. The minimum atomic E-state index is -4.54. The van der Waals surface area contributed by atoms with E-state index in [1.54, 1.807) is 0 Å². The molecule has 0 aliphatic rings. The van der Waals surface area contributed by atoms with Gasteiger partial charge < -0.3 is 4.74 Å². The molecule has 78 valence electrons. The highest BCUT2D eigenvalue weighted by Crippen LogP contribution is 2.45. The molecule has 0 radical (unpaired) electrons. The normalized spacial score (nSPS) is 12.8. The fraction of sp³-hybridized carbons (Fsp3) is 0.833. The van der Waals surface area contributed by atoms with Crippen LogP contribution in [0.2, 0.25) is 0 Å². The van der Waals surface area contributed by atoms with Crippen LogP contribution in [-0.2, 0) is 9.53 Å². The number of carbonyl (C=O) groups excluding carboxylic acids is 1. The molecular weight excluding hydrogens is 321 g/mol. The van der Waals surface area contributed by atoms with Crippen LogP contribution in [-0.4, -0.2) is 22.0 Å². The first-order valence-electron chi connectivity index (χ1n) is 3.31. The first-order chi connectivity index (χ1) is 5.70. The number of ether oxygens (including phenoxy) is 1. The van der Waals surface area contributed by atoms with Crippen molar-refractivity contribution in [2.45, 2.75) is 22.8 Å². The minimum Gasteiger partial charge on any atom is -0.466 e. The van der Waals surface area contributed by atoms with Crippen molar-refractivity contribution in [3.05, 3.63) is 0 Å². The largest absolute Gasteiger partial charge is 0.466 e. The van der Waals surface area contributed by atoms with Crippen molar-refractivity contribution < 1.29 is 22.7 Å². The molecule has 0 atom stereocenters. The van der Waals surface area contributed by atoms with Gasteiger partial charge in [-0.25, -0.2) is 0 Å². The SMILES string of the molecule is CCOC(=O)CC(Br)(Br)C(F)(F)F. The molecule has 0 fully saturated rings. The number of hydrogen-bond donors (Lipinski definition) is 0. The standard InChI is InChI=1S/C6H7Br2F3O2/c1-2-13-4(12)3-5(7,8)6(9,10)11/h2-3H2,1H3. The lowest BCUT2D eigenvalue weighted by Gasteiger charge is -2.22. The van der Waals surface area contributed by atoms with Gasteiger partial charge in [0.25, 0.3) is 0 Å². The van der Waals surface area contributed by atoms with E-state index in [2.05, 4.69) is 36.6 Å². The van der Waals surface area contributed by atoms with E-state index in [1.165, 1.54) is 6.92 Å². The summed E-state index contributed by atoms with van der Waals surface area (Å²) in [6.45, 7) is 1.59. The minimum absolute atomic E-state index is 0.0623. The van der Waals surface area contributed by atoms with Gasteiger partial charge in [0, 0.05) is 0 Å². The van der Waals surface area contributed by atoms with Crippen LogP contribution < -0.4 is 0 Å². The second-order valence-electron chi connectivity index (χ2n) is 2.18. The smallest absolute Gasteiger partial charge is 0.414 e. The van der Waals surface area contributed by atoms with Gasteiger partial charge in [0.1, 0.15) is 0 Å². The van der Waals surface area contributed by atoms with Crippen LogP contribution in [0.15, 0.2) is 0 Å². The van der Waals surface area contributed by atoms with Crippen LogP contribution in [0, 0.1) is 0 Å². The summed E-state index contributed by atoms with van der Waals surface area (Å²) in [7, 11) is 0. The lowest BCUT2D eigenvalue weighted by Crippen LogP contribution is -2.35. The summed E-state index contributed by atoms with van der Waals surface area (Å²) in [4.78, 5) is 10.7. The molecule has 0 heterocycles. The van der Waals surface area contributed by atoms with Gasteiger partial charge in [-0.15, -0.1) is 0 Å². The van der Waals surface area contributed by atoms with Crippen molar-refractivity contribution in [2.75, 3.05) is 6.61 Å². The molecule has 0 aliphatic heterocycles. The quantitative estimate of drug-likeness (QED) is 0.588. The fourth-order valence-electron chi connectivity index (χ4n) is 0.494. The first-order valence-corrected chi connectivity index (χ1v) is 4.89. The lowest BCUT2D eigenvalue weighted by molar-refractivity contribution is -0.156. The Hall–Kier alpha value is 0.220. The Bertz CT molecular complexity index is 191. The molecule has 0 aromatic heterocycles. The van der Waals surface area contributed by atoms with E-state index in [0.29, 0.717) is 0 Å². The van der Waals surface area contributed by atoms with Crippen LogP contribution in [0.25, 0.3) is 0 Å². The van der Waals surface area contributed by atoms with Crippen molar-refractivity contribution in [3.8, 4) is 0 Å². The summed E-state index contributed by atoms with van der Waals surface area (Å²) in [6, 6.07) is 0. The third kappa shape index (κ3) is 4.30. The zero-order chi connectivity index (χ0) is 10.7. The molecule has 0 rings (SSSR count). The van der Waals surface area contributed by atoms with Gasteiger partial charge in [-0.2, -0.15) is 13.2 Å². The molecule has 7 heteroatoms. The zero-order valence-corrected chi connectivity index (χ0v) is 9.79. The number of alkyl halides is 5. The maximum atomic E-state index is 12.1. The van der Waals surface area contributed by atoms with Crippen molar-refractivity contribution in [3.63, 3.8) is 0 Å². The number of rotatable bonds is 3. The summed E-state index contributed by atoms with van der Waals surface area (Å²) in [5, 5.41) is 0. The van der Waals surface area contributed by atoms with E-state index in [0.717, 1.165) is 0 Å². The molecule has 0 unspecified atom stereocenters. The summed E-state index contributed by atoms with van der Waals surface area (Å²) in [5.41, 5.74) is 0. The first kappa shape index (κ1) is 13.2. The van der Waals surface area contributed by atoms with Crippen LogP contribution in [0.5, 0.6) is 0 Å². The number of carbonyl (C=O) groups is 1. The Balaban J connectivity index is 4.26. The van der Waals surface area contributed by atoms with E-state index in [-0.39, 0.29) is 6.61 Å². The maximum Gasteiger partial charge on any atom is 0.414 e. The van der Waals surface area contributed by atoms with Gasteiger partial charge in [0.15, 0.2) is 3.23 Å². The molecule has 13 heavy (non-hydrogen) atoms. The van der Waals surface area contributed by atoms with Crippen molar-refractivity contribution >= 4 is 37.8 Å². The predicted octanol–water partition coefficient (Wildman–Crippen LogP) is 2.99. The molecule has 2 nitrogen and oxygen atoms in total. The second kappa shape index (κ2) is 4.63. The van der Waals surface area contributed by atoms with E-state index in [4.69, 9.17) is 0 Å². The van der Waals surface area contributed by atoms with Crippen LogP contribution in [0.1, 0.15) is 13.3 Å². The molecule has 0 aromatic carbocycles. The van der Waals surface area contributed by atoms with Crippen molar-refractivity contribution in [2.24, 2.45) is 0 Å². The maximum absolute atomic E-state index is 12.1. The average Bonchev–Trinajstić information content (AvgIpc) is 1.83. The molecule has 0 saturated heterocycles. The third-order valence-corrected chi connectivity index (χ3v) is 2.55. The Labute approximate surface area is 90.1 Å². The summed E-state index contributed by atoms with van der Waals surface area (Å²) < 4.78 is 38.4. The van der Waals surface area contributed by atoms with Crippen LogP contribution >= 0.6 is 31.9 Å². The Morgan fingerprint density at radius 2 is 1.85 bits per heavy atom. The van der Waals surface area contributed by atoms with Crippen LogP contribution in [0.4, 0.5) is 13.2 Å². The van der Waals surface area contributed by atoms with E-state index < -0.39 is 21.8 Å². The summed E-state index contributed by atoms with van der Waals surface area (Å²) >= 11 is 4.73. The summed E-state index contributed by atoms with van der Waals surface area (Å²) in [5.74, 6) is -0.909.